The van der Waals surface area contributed by atoms with Crippen molar-refractivity contribution in [3.8, 4) is 0 Å². The molecule has 0 aromatic heterocycles. The van der Waals surface area contributed by atoms with Crippen LogP contribution in [-0.2, 0) is 9.47 Å². The molecule has 16 heavy (non-hydrogen) atoms. The Morgan fingerprint density at radius 3 is 1.88 bits per heavy atom. The molecule has 0 aliphatic heterocycles. The van der Waals surface area contributed by atoms with E-state index in [1.807, 2.05) is 6.08 Å². The van der Waals surface area contributed by atoms with Gasteiger partial charge < -0.3 is 9.47 Å². The van der Waals surface area contributed by atoms with Crippen LogP contribution >= 0.6 is 0 Å². The summed E-state index contributed by atoms with van der Waals surface area (Å²) in [6.07, 6.45) is 6.48. The summed E-state index contributed by atoms with van der Waals surface area (Å²) < 4.78 is 11.1. The highest BCUT2D eigenvalue weighted by Crippen LogP contribution is 1.95. The zero-order valence-electron chi connectivity index (χ0n) is 10.9. The molecule has 0 aromatic carbocycles. The number of hydrogen-bond acceptors (Lipinski definition) is 3. The largest absolute Gasteiger partial charge is 0.366 e. The van der Waals surface area contributed by atoms with Gasteiger partial charge in [0, 0.05) is 19.8 Å². The van der Waals surface area contributed by atoms with Crippen LogP contribution in [0.4, 0.5) is 0 Å². The summed E-state index contributed by atoms with van der Waals surface area (Å²) in [5, 5.41) is 0. The Morgan fingerprint density at radius 2 is 1.50 bits per heavy atom. The average Bonchev–Trinajstić information content (AvgIpc) is 2.30. The van der Waals surface area contributed by atoms with E-state index in [4.69, 9.17) is 9.47 Å². The Bertz CT molecular complexity index is 139. The minimum absolute atomic E-state index is 0.637. The lowest BCUT2D eigenvalue weighted by molar-refractivity contribution is -0.0398. The lowest BCUT2D eigenvalue weighted by Gasteiger charge is -2.20. The fourth-order valence-electron chi connectivity index (χ4n) is 1.21. The van der Waals surface area contributed by atoms with Gasteiger partial charge in [-0.3, -0.25) is 4.90 Å². The van der Waals surface area contributed by atoms with Crippen LogP contribution in [0.1, 0.15) is 39.5 Å². The highest BCUT2D eigenvalue weighted by molar-refractivity contribution is 4.70. The van der Waals surface area contributed by atoms with Crippen LogP contribution in [0.15, 0.2) is 12.7 Å². The predicted molar refractivity (Wildman–Crippen MR) is 68.4 cm³/mol. The third-order valence-electron chi connectivity index (χ3n) is 2.22. The summed E-state index contributed by atoms with van der Waals surface area (Å²) in [7, 11) is 0. The molecule has 0 aromatic rings. The van der Waals surface area contributed by atoms with Crippen molar-refractivity contribution in [3.05, 3.63) is 12.7 Å². The summed E-state index contributed by atoms with van der Waals surface area (Å²) in [4.78, 5) is 2.11. The molecule has 0 saturated carbocycles. The molecule has 0 heterocycles. The maximum absolute atomic E-state index is 5.54. The molecule has 0 rings (SSSR count). The molecule has 0 aliphatic carbocycles. The van der Waals surface area contributed by atoms with Crippen LogP contribution in [0.3, 0.4) is 0 Å². The molecule has 96 valence electrons. The monoisotopic (exact) mass is 229 g/mol. The Kier molecular flexibility index (Phi) is 12.4. The number of rotatable bonds is 12. The molecule has 0 unspecified atom stereocenters. The van der Waals surface area contributed by atoms with Gasteiger partial charge in [-0.15, -0.1) is 6.58 Å². The van der Waals surface area contributed by atoms with Crippen LogP contribution in [0, 0.1) is 0 Å². The van der Waals surface area contributed by atoms with Gasteiger partial charge in [0.05, 0.1) is 0 Å². The summed E-state index contributed by atoms with van der Waals surface area (Å²) >= 11 is 0. The quantitative estimate of drug-likeness (QED) is 0.292. The van der Waals surface area contributed by atoms with E-state index in [0.717, 1.165) is 32.6 Å². The Hall–Kier alpha value is -0.380. The van der Waals surface area contributed by atoms with Gasteiger partial charge in [-0.1, -0.05) is 32.8 Å². The molecule has 3 heteroatoms. The van der Waals surface area contributed by atoms with Crippen LogP contribution in [-0.4, -0.2) is 38.1 Å². The second-order valence-corrected chi connectivity index (χ2v) is 3.92. The average molecular weight is 229 g/mol. The SMILES string of the molecule is C=CCN(COCCCC)COCCCC. The van der Waals surface area contributed by atoms with Crippen molar-refractivity contribution in [2.75, 3.05) is 33.2 Å². The van der Waals surface area contributed by atoms with Crippen LogP contribution in [0.5, 0.6) is 0 Å². The number of unbranched alkanes of at least 4 members (excludes halogenated alkanes) is 2. The molecule has 3 nitrogen and oxygen atoms in total. The first-order valence-corrected chi connectivity index (χ1v) is 6.33. The molecular weight excluding hydrogens is 202 g/mol. The van der Waals surface area contributed by atoms with E-state index in [1.165, 1.54) is 12.8 Å². The Morgan fingerprint density at radius 1 is 1.00 bits per heavy atom. The molecule has 0 N–H and O–H groups in total. The van der Waals surface area contributed by atoms with Crippen LogP contribution in [0.25, 0.3) is 0 Å². The lowest BCUT2D eigenvalue weighted by atomic mass is 10.4. The highest BCUT2D eigenvalue weighted by Gasteiger charge is 2.02. The summed E-state index contributed by atoms with van der Waals surface area (Å²) in [6, 6.07) is 0. The van der Waals surface area contributed by atoms with Gasteiger partial charge >= 0.3 is 0 Å². The molecule has 0 aliphatic rings. The third kappa shape index (κ3) is 10.1. The first-order chi connectivity index (χ1) is 7.85. The van der Waals surface area contributed by atoms with Gasteiger partial charge in [-0.2, -0.15) is 0 Å². The van der Waals surface area contributed by atoms with Crippen molar-refractivity contribution < 1.29 is 9.47 Å². The fourth-order valence-corrected chi connectivity index (χ4v) is 1.21. The zero-order valence-corrected chi connectivity index (χ0v) is 10.9. The number of ether oxygens (including phenoxy) is 2. The van der Waals surface area contributed by atoms with Gasteiger partial charge in [0.1, 0.15) is 13.5 Å². The van der Waals surface area contributed by atoms with Crippen molar-refractivity contribution >= 4 is 0 Å². The predicted octanol–water partition coefficient (Wildman–Crippen LogP) is 3.02. The fraction of sp³-hybridized carbons (Fsp3) is 0.846. The van der Waals surface area contributed by atoms with E-state index in [2.05, 4.69) is 25.3 Å². The maximum atomic E-state index is 5.54. The van der Waals surface area contributed by atoms with Gasteiger partial charge in [-0.05, 0) is 12.8 Å². The van der Waals surface area contributed by atoms with E-state index >= 15 is 0 Å². The third-order valence-corrected chi connectivity index (χ3v) is 2.22. The van der Waals surface area contributed by atoms with Crippen molar-refractivity contribution in [2.45, 2.75) is 39.5 Å². The van der Waals surface area contributed by atoms with Crippen LogP contribution in [0.2, 0.25) is 0 Å². The Balaban J connectivity index is 3.49. The standard InChI is InChI=1S/C13H27NO2/c1-4-7-10-15-12-14(9-6-3)13-16-11-8-5-2/h6H,3-5,7-13H2,1-2H3. The van der Waals surface area contributed by atoms with Gasteiger partial charge in [0.25, 0.3) is 0 Å². The molecular formula is C13H27NO2. The summed E-state index contributed by atoms with van der Waals surface area (Å²) in [5.74, 6) is 0. The summed E-state index contributed by atoms with van der Waals surface area (Å²) in [6.45, 7) is 11.8. The van der Waals surface area contributed by atoms with Crippen molar-refractivity contribution in [1.82, 2.24) is 4.90 Å². The lowest BCUT2D eigenvalue weighted by Crippen LogP contribution is -2.29. The minimum atomic E-state index is 0.637. The van der Waals surface area contributed by atoms with Crippen molar-refractivity contribution in [1.29, 1.82) is 0 Å². The maximum Gasteiger partial charge on any atom is 0.101 e. The topological polar surface area (TPSA) is 21.7 Å². The van der Waals surface area contributed by atoms with E-state index in [1.54, 1.807) is 0 Å². The Labute approximate surface area is 100 Å². The first-order valence-electron chi connectivity index (χ1n) is 6.33. The first kappa shape index (κ1) is 15.6. The van der Waals surface area contributed by atoms with Crippen molar-refractivity contribution in [3.63, 3.8) is 0 Å². The van der Waals surface area contributed by atoms with E-state index < -0.39 is 0 Å². The van der Waals surface area contributed by atoms with Gasteiger partial charge in [-0.25, -0.2) is 0 Å². The molecule has 0 atom stereocenters. The highest BCUT2D eigenvalue weighted by atomic mass is 16.5. The van der Waals surface area contributed by atoms with Crippen molar-refractivity contribution in [2.24, 2.45) is 0 Å². The second-order valence-electron chi connectivity index (χ2n) is 3.92. The van der Waals surface area contributed by atoms with Gasteiger partial charge in [0.2, 0.25) is 0 Å². The molecule has 0 bridgehead atoms. The molecule has 0 fully saturated rings. The molecule has 0 amide bonds. The normalized spacial score (nSPS) is 10.9. The van der Waals surface area contributed by atoms with E-state index in [9.17, 15) is 0 Å². The minimum Gasteiger partial charge on any atom is -0.366 e. The second kappa shape index (κ2) is 12.7. The van der Waals surface area contributed by atoms with E-state index in [0.29, 0.717) is 13.5 Å². The molecule has 0 saturated heterocycles. The van der Waals surface area contributed by atoms with E-state index in [-0.39, 0.29) is 0 Å². The number of hydrogen-bond donors (Lipinski definition) is 0. The molecule has 0 spiro atoms. The van der Waals surface area contributed by atoms with Gasteiger partial charge in [0.15, 0.2) is 0 Å². The number of nitrogens with zero attached hydrogens (tertiary/aromatic N) is 1. The molecule has 0 radical (unpaired) electrons. The smallest absolute Gasteiger partial charge is 0.101 e. The van der Waals surface area contributed by atoms with Crippen LogP contribution < -0.4 is 0 Å². The zero-order chi connectivity index (χ0) is 12.1. The summed E-state index contributed by atoms with van der Waals surface area (Å²) in [5.41, 5.74) is 0.